The second kappa shape index (κ2) is 38.0. The van der Waals surface area contributed by atoms with Crippen LogP contribution in [0.3, 0.4) is 0 Å². The molecule has 0 fully saturated rings. The molecule has 1 unspecified atom stereocenters. The van der Waals surface area contributed by atoms with E-state index in [1.807, 2.05) is 21.1 Å². The van der Waals surface area contributed by atoms with Gasteiger partial charge in [0.2, 0.25) is 0 Å². The molecule has 9 nitrogen and oxygen atoms in total. The summed E-state index contributed by atoms with van der Waals surface area (Å²) in [5.41, 5.74) is 0. The summed E-state index contributed by atoms with van der Waals surface area (Å²) in [7, 11) is 1.13. The summed E-state index contributed by atoms with van der Waals surface area (Å²) in [6, 6.07) is 0. The van der Waals surface area contributed by atoms with Crippen LogP contribution >= 0.6 is 7.82 Å². The molecule has 322 valence electrons. The predicted molar refractivity (Wildman–Crippen MR) is 231 cm³/mol. The first-order valence-corrected chi connectivity index (χ1v) is 23.1. The topological polar surface area (TPSA) is 111 Å². The van der Waals surface area contributed by atoms with Crippen molar-refractivity contribution in [2.75, 3.05) is 47.5 Å². The Balaban J connectivity index is 4.41. The second-order valence-electron chi connectivity index (χ2n) is 15.3. The van der Waals surface area contributed by atoms with Gasteiger partial charge in [0.1, 0.15) is 19.8 Å². The molecule has 0 aliphatic heterocycles. The van der Waals surface area contributed by atoms with Gasteiger partial charge in [-0.05, 0) is 77.0 Å². The lowest BCUT2D eigenvalue weighted by Crippen LogP contribution is -2.37. The number of hydrogen-bond acceptors (Lipinski definition) is 8. The van der Waals surface area contributed by atoms with Crippen molar-refractivity contribution in [1.82, 2.24) is 0 Å². The SMILES string of the molecule is CC/C=C\C/C=C\C/C=C\CCCCCCCCCC(=O)OC[C@H](COP(=O)([O-])OCC[N+](C)(C)C)OC(=O)CCCCCCC/C=C\C/C=C\C/C=C\CC. The maximum atomic E-state index is 12.7. The Hall–Kier alpha value is -2.55. The number of ether oxygens (including phenoxy) is 2. The van der Waals surface area contributed by atoms with Gasteiger partial charge in [0, 0.05) is 12.8 Å². The molecule has 0 spiro atoms. The molecule has 0 aromatic rings. The van der Waals surface area contributed by atoms with Gasteiger partial charge in [0.15, 0.2) is 6.10 Å². The molecular weight excluding hydrogens is 725 g/mol. The Labute approximate surface area is 342 Å². The largest absolute Gasteiger partial charge is 0.756 e. The number of carbonyl (C=O) groups excluding carboxylic acids is 2. The highest BCUT2D eigenvalue weighted by atomic mass is 31.2. The van der Waals surface area contributed by atoms with Gasteiger partial charge in [0.25, 0.3) is 7.82 Å². The molecule has 0 amide bonds. The highest BCUT2D eigenvalue weighted by molar-refractivity contribution is 7.45. The van der Waals surface area contributed by atoms with E-state index in [0.717, 1.165) is 96.3 Å². The molecule has 0 saturated carbocycles. The average Bonchev–Trinajstić information content (AvgIpc) is 3.15. The number of rotatable bonds is 38. The van der Waals surface area contributed by atoms with E-state index in [0.29, 0.717) is 23.9 Å². The summed E-state index contributed by atoms with van der Waals surface area (Å²) < 4.78 is 33.9. The van der Waals surface area contributed by atoms with Gasteiger partial charge in [-0.25, -0.2) is 0 Å². The molecule has 0 heterocycles. The fourth-order valence-corrected chi connectivity index (χ4v) is 6.12. The molecule has 0 radical (unpaired) electrons. The normalized spacial score (nSPS) is 14.3. The highest BCUT2D eigenvalue weighted by Gasteiger charge is 2.21. The number of esters is 2. The van der Waals surface area contributed by atoms with Crippen molar-refractivity contribution in [3.05, 3.63) is 72.9 Å². The van der Waals surface area contributed by atoms with Gasteiger partial charge in [-0.2, -0.15) is 0 Å². The fraction of sp³-hybridized carbons (Fsp3) is 0.696. The third kappa shape index (κ3) is 41.1. The molecule has 0 rings (SSSR count). The highest BCUT2D eigenvalue weighted by Crippen LogP contribution is 2.38. The van der Waals surface area contributed by atoms with Gasteiger partial charge in [-0.3, -0.25) is 14.2 Å². The molecular formula is C46H80NO8P. The third-order valence-electron chi connectivity index (χ3n) is 8.72. The van der Waals surface area contributed by atoms with Gasteiger partial charge in [0.05, 0.1) is 27.7 Å². The van der Waals surface area contributed by atoms with Gasteiger partial charge in [-0.1, -0.05) is 138 Å². The van der Waals surface area contributed by atoms with E-state index in [2.05, 4.69) is 86.8 Å². The first kappa shape index (κ1) is 53.5. The molecule has 0 saturated heterocycles. The van der Waals surface area contributed by atoms with Crippen molar-refractivity contribution in [3.63, 3.8) is 0 Å². The lowest BCUT2D eigenvalue weighted by molar-refractivity contribution is -0.870. The molecule has 2 atom stereocenters. The smallest absolute Gasteiger partial charge is 0.306 e. The quantitative estimate of drug-likeness (QED) is 0.0199. The molecule has 56 heavy (non-hydrogen) atoms. The van der Waals surface area contributed by atoms with Crippen molar-refractivity contribution < 1.29 is 42.1 Å². The van der Waals surface area contributed by atoms with E-state index in [-0.39, 0.29) is 26.1 Å². The second-order valence-corrected chi connectivity index (χ2v) is 16.7. The van der Waals surface area contributed by atoms with Crippen molar-refractivity contribution >= 4 is 19.8 Å². The summed E-state index contributed by atoms with van der Waals surface area (Å²) in [6.07, 6.45) is 46.4. The number of likely N-dealkylation sites (N-methyl/N-ethyl adjacent to an activating group) is 1. The zero-order valence-corrected chi connectivity index (χ0v) is 36.9. The number of nitrogens with zero attached hydrogens (tertiary/aromatic N) is 1. The predicted octanol–water partition coefficient (Wildman–Crippen LogP) is 11.6. The Morgan fingerprint density at radius 3 is 1.43 bits per heavy atom. The minimum atomic E-state index is -4.63. The summed E-state index contributed by atoms with van der Waals surface area (Å²) >= 11 is 0. The van der Waals surface area contributed by atoms with Crippen LogP contribution in [0.2, 0.25) is 0 Å². The number of allylic oxidation sites excluding steroid dienone is 12. The first-order chi connectivity index (χ1) is 27.0. The minimum Gasteiger partial charge on any atom is -0.756 e. The standard InChI is InChI=1S/C46H80NO8P/c1-6-8-10-12-14-16-18-20-22-23-25-26-28-30-32-34-36-38-45(48)52-42-44(43-54-56(50,51)53-41-40-47(3,4)5)55-46(49)39-37-35-33-31-29-27-24-21-19-17-15-13-11-9-7-2/h8-11,14-17,20-22,24,44H,6-7,12-13,18-19,23,25-43H2,1-5H3/b10-8-,11-9-,16-14-,17-15-,22-20-,24-21-/t44-/m1/s1. The van der Waals surface area contributed by atoms with E-state index in [9.17, 15) is 19.0 Å². The number of unbranched alkanes of at least 4 members (excludes halogenated alkanes) is 12. The maximum Gasteiger partial charge on any atom is 0.306 e. The van der Waals surface area contributed by atoms with E-state index < -0.39 is 32.5 Å². The first-order valence-electron chi connectivity index (χ1n) is 21.6. The average molecular weight is 806 g/mol. The molecule has 0 aliphatic rings. The summed E-state index contributed by atoms with van der Waals surface area (Å²) in [6.45, 7) is 3.95. The number of quaternary nitrogens is 1. The lowest BCUT2D eigenvalue weighted by atomic mass is 10.1. The minimum absolute atomic E-state index is 0.0400. The van der Waals surface area contributed by atoms with Crippen LogP contribution < -0.4 is 4.89 Å². The van der Waals surface area contributed by atoms with Crippen molar-refractivity contribution in [3.8, 4) is 0 Å². The zero-order chi connectivity index (χ0) is 41.4. The van der Waals surface area contributed by atoms with Crippen LogP contribution in [0.4, 0.5) is 0 Å². The Morgan fingerprint density at radius 1 is 0.554 bits per heavy atom. The van der Waals surface area contributed by atoms with Crippen LogP contribution in [0.15, 0.2) is 72.9 Å². The molecule has 0 bridgehead atoms. The molecule has 0 aromatic heterocycles. The number of carbonyl (C=O) groups is 2. The Kier molecular flexibility index (Phi) is 36.3. The van der Waals surface area contributed by atoms with Crippen LogP contribution in [0.5, 0.6) is 0 Å². The van der Waals surface area contributed by atoms with Gasteiger partial charge < -0.3 is 27.9 Å². The van der Waals surface area contributed by atoms with Crippen LogP contribution in [-0.2, 0) is 32.7 Å². The van der Waals surface area contributed by atoms with Crippen LogP contribution in [0.25, 0.3) is 0 Å². The lowest BCUT2D eigenvalue weighted by Gasteiger charge is -2.28. The van der Waals surface area contributed by atoms with Crippen LogP contribution in [0, 0.1) is 0 Å². The third-order valence-corrected chi connectivity index (χ3v) is 9.69. The van der Waals surface area contributed by atoms with E-state index in [4.69, 9.17) is 18.5 Å². The molecule has 10 heteroatoms. The summed E-state index contributed by atoms with van der Waals surface area (Å²) in [5.74, 6) is -0.873. The van der Waals surface area contributed by atoms with E-state index in [1.165, 1.54) is 19.3 Å². The molecule has 0 N–H and O–H groups in total. The van der Waals surface area contributed by atoms with Crippen molar-refractivity contribution in [2.45, 2.75) is 161 Å². The van der Waals surface area contributed by atoms with Crippen LogP contribution in [-0.4, -0.2) is 70.0 Å². The molecule has 0 aromatic carbocycles. The molecule has 0 aliphatic carbocycles. The zero-order valence-electron chi connectivity index (χ0n) is 36.1. The van der Waals surface area contributed by atoms with Gasteiger partial charge in [-0.15, -0.1) is 0 Å². The van der Waals surface area contributed by atoms with Crippen molar-refractivity contribution in [2.24, 2.45) is 0 Å². The number of hydrogen-bond donors (Lipinski definition) is 0. The number of phosphoric acid groups is 1. The monoisotopic (exact) mass is 806 g/mol. The Morgan fingerprint density at radius 2 is 0.964 bits per heavy atom. The van der Waals surface area contributed by atoms with Gasteiger partial charge >= 0.3 is 11.9 Å². The summed E-state index contributed by atoms with van der Waals surface area (Å²) in [5, 5.41) is 0. The van der Waals surface area contributed by atoms with E-state index >= 15 is 0 Å². The maximum absolute atomic E-state index is 12.7. The number of phosphoric ester groups is 1. The van der Waals surface area contributed by atoms with E-state index in [1.54, 1.807) is 0 Å². The Bertz CT molecular complexity index is 1180. The summed E-state index contributed by atoms with van der Waals surface area (Å²) in [4.78, 5) is 37.5. The van der Waals surface area contributed by atoms with Crippen LogP contribution in [0.1, 0.15) is 155 Å². The van der Waals surface area contributed by atoms with Crippen molar-refractivity contribution in [1.29, 1.82) is 0 Å². The fourth-order valence-electron chi connectivity index (χ4n) is 5.39.